The molecular weight excluding hydrogens is 358 g/mol. The van der Waals surface area contributed by atoms with Gasteiger partial charge in [0, 0.05) is 38.1 Å². The van der Waals surface area contributed by atoms with Crippen LogP contribution in [-0.4, -0.2) is 66.1 Å². The molecule has 4 rings (SSSR count). The summed E-state index contributed by atoms with van der Waals surface area (Å²) in [4.78, 5) is 29.3. The topological polar surface area (TPSA) is 64.0 Å². The Morgan fingerprint density at radius 2 is 1.89 bits per heavy atom. The van der Waals surface area contributed by atoms with E-state index in [0.717, 1.165) is 23.6 Å². The standard InChI is InChI=1S/C21H25N3O4/c1-27-17-5-2-4-16(14-17)21-18-6-3-7-22(18)8-9-24(21)20(26)15-19(25)23-10-12-28-13-11-23/h2-7,14,21H,8-13,15H2,1H3. The van der Waals surface area contributed by atoms with Crippen molar-refractivity contribution in [1.29, 1.82) is 0 Å². The molecule has 2 aromatic rings. The van der Waals surface area contributed by atoms with Crippen LogP contribution in [0.4, 0.5) is 0 Å². The van der Waals surface area contributed by atoms with Crippen molar-refractivity contribution < 1.29 is 19.1 Å². The predicted molar refractivity (Wildman–Crippen MR) is 103 cm³/mol. The Morgan fingerprint density at radius 3 is 2.68 bits per heavy atom. The molecule has 2 amide bonds. The highest BCUT2D eigenvalue weighted by atomic mass is 16.5. The van der Waals surface area contributed by atoms with E-state index in [2.05, 4.69) is 4.57 Å². The quantitative estimate of drug-likeness (QED) is 0.754. The van der Waals surface area contributed by atoms with Gasteiger partial charge in [-0.15, -0.1) is 0 Å². The molecule has 1 fully saturated rings. The molecule has 148 valence electrons. The summed E-state index contributed by atoms with van der Waals surface area (Å²) >= 11 is 0. The van der Waals surface area contributed by atoms with Gasteiger partial charge in [0.2, 0.25) is 11.8 Å². The first-order valence-electron chi connectivity index (χ1n) is 9.61. The van der Waals surface area contributed by atoms with Gasteiger partial charge in [-0.3, -0.25) is 9.59 Å². The van der Waals surface area contributed by atoms with Crippen LogP contribution in [0.3, 0.4) is 0 Å². The number of morpholine rings is 1. The summed E-state index contributed by atoms with van der Waals surface area (Å²) in [6.07, 6.45) is 1.92. The zero-order chi connectivity index (χ0) is 19.5. The van der Waals surface area contributed by atoms with Gasteiger partial charge in [-0.1, -0.05) is 12.1 Å². The Balaban J connectivity index is 1.59. The van der Waals surface area contributed by atoms with Crippen LogP contribution in [0.5, 0.6) is 5.75 Å². The number of aromatic nitrogens is 1. The van der Waals surface area contributed by atoms with Crippen LogP contribution in [0, 0.1) is 0 Å². The number of amides is 2. The smallest absolute Gasteiger partial charge is 0.232 e. The van der Waals surface area contributed by atoms with Crippen LogP contribution < -0.4 is 4.74 Å². The molecule has 0 bridgehead atoms. The number of methoxy groups -OCH3 is 1. The lowest BCUT2D eigenvalue weighted by Crippen LogP contribution is -2.46. The van der Waals surface area contributed by atoms with Gasteiger partial charge in [0.1, 0.15) is 12.2 Å². The largest absolute Gasteiger partial charge is 0.497 e. The lowest BCUT2D eigenvalue weighted by molar-refractivity contribution is -0.144. The lowest BCUT2D eigenvalue weighted by atomic mass is 9.99. The van der Waals surface area contributed by atoms with Crippen LogP contribution in [0.25, 0.3) is 0 Å². The number of carbonyl (C=O) groups is 2. The summed E-state index contributed by atoms with van der Waals surface area (Å²) in [5.74, 6) is 0.480. The van der Waals surface area contributed by atoms with E-state index >= 15 is 0 Å². The Hall–Kier alpha value is -2.80. The van der Waals surface area contributed by atoms with Crippen LogP contribution in [-0.2, 0) is 20.9 Å². The maximum Gasteiger partial charge on any atom is 0.232 e. The van der Waals surface area contributed by atoms with Gasteiger partial charge in [-0.25, -0.2) is 0 Å². The van der Waals surface area contributed by atoms with E-state index in [1.807, 2.05) is 47.5 Å². The number of hydrogen-bond donors (Lipinski definition) is 0. The Bertz CT molecular complexity index is 857. The second kappa shape index (κ2) is 8.06. The van der Waals surface area contributed by atoms with E-state index in [-0.39, 0.29) is 24.3 Å². The van der Waals surface area contributed by atoms with Crippen LogP contribution in [0.1, 0.15) is 23.7 Å². The van der Waals surface area contributed by atoms with E-state index in [1.54, 1.807) is 12.0 Å². The monoisotopic (exact) mass is 383 g/mol. The molecule has 1 atom stereocenters. The summed E-state index contributed by atoms with van der Waals surface area (Å²) in [6.45, 7) is 3.45. The Morgan fingerprint density at radius 1 is 1.07 bits per heavy atom. The Labute approximate surface area is 164 Å². The van der Waals surface area contributed by atoms with Crippen molar-refractivity contribution in [3.63, 3.8) is 0 Å². The molecule has 28 heavy (non-hydrogen) atoms. The highest BCUT2D eigenvalue weighted by Crippen LogP contribution is 2.34. The molecule has 1 unspecified atom stereocenters. The number of ether oxygens (including phenoxy) is 2. The van der Waals surface area contributed by atoms with Crippen LogP contribution in [0.15, 0.2) is 42.6 Å². The first-order chi connectivity index (χ1) is 13.7. The summed E-state index contributed by atoms with van der Waals surface area (Å²) in [5, 5.41) is 0. The van der Waals surface area contributed by atoms with Crippen molar-refractivity contribution in [1.82, 2.24) is 14.4 Å². The number of nitrogens with zero attached hydrogens (tertiary/aromatic N) is 3. The Kier molecular flexibility index (Phi) is 5.34. The third-order valence-corrected chi connectivity index (χ3v) is 5.43. The number of carbonyl (C=O) groups excluding carboxylic acids is 2. The van der Waals surface area contributed by atoms with E-state index < -0.39 is 0 Å². The second-order valence-corrected chi connectivity index (χ2v) is 7.06. The van der Waals surface area contributed by atoms with Crippen LogP contribution in [0.2, 0.25) is 0 Å². The normalized spacial score (nSPS) is 19.2. The molecule has 0 spiro atoms. The number of hydrogen-bond acceptors (Lipinski definition) is 4. The van der Waals surface area contributed by atoms with E-state index in [1.165, 1.54) is 0 Å². The van der Waals surface area contributed by atoms with Crippen molar-refractivity contribution in [2.75, 3.05) is 40.0 Å². The first kappa shape index (κ1) is 18.6. The van der Waals surface area contributed by atoms with Crippen molar-refractivity contribution in [2.24, 2.45) is 0 Å². The van der Waals surface area contributed by atoms with Gasteiger partial charge in [0.25, 0.3) is 0 Å². The maximum atomic E-state index is 13.1. The molecule has 3 heterocycles. The molecule has 7 heteroatoms. The van der Waals surface area contributed by atoms with Crippen LogP contribution >= 0.6 is 0 Å². The minimum Gasteiger partial charge on any atom is -0.497 e. The molecule has 7 nitrogen and oxygen atoms in total. The minimum absolute atomic E-state index is 0.110. The summed E-state index contributed by atoms with van der Waals surface area (Å²) < 4.78 is 12.8. The summed E-state index contributed by atoms with van der Waals surface area (Å²) in [6, 6.07) is 11.6. The second-order valence-electron chi connectivity index (χ2n) is 7.06. The SMILES string of the molecule is COc1cccc(C2c3cccn3CCN2C(=O)CC(=O)N2CCOCC2)c1. The third-order valence-electron chi connectivity index (χ3n) is 5.43. The van der Waals surface area contributed by atoms with E-state index in [9.17, 15) is 9.59 Å². The highest BCUT2D eigenvalue weighted by Gasteiger charge is 2.33. The molecule has 1 saturated heterocycles. The predicted octanol–water partition coefficient (Wildman–Crippen LogP) is 1.68. The van der Waals surface area contributed by atoms with Gasteiger partial charge in [0.05, 0.1) is 26.4 Å². The third kappa shape index (κ3) is 3.62. The van der Waals surface area contributed by atoms with Crippen molar-refractivity contribution in [3.05, 3.63) is 53.9 Å². The van der Waals surface area contributed by atoms with Gasteiger partial charge < -0.3 is 23.8 Å². The fourth-order valence-electron chi connectivity index (χ4n) is 3.97. The molecule has 2 aliphatic rings. The molecular formula is C21H25N3O4. The zero-order valence-corrected chi connectivity index (χ0v) is 16.0. The fourth-order valence-corrected chi connectivity index (χ4v) is 3.97. The molecule has 1 aromatic carbocycles. The number of rotatable bonds is 4. The average Bonchev–Trinajstić information content (AvgIpc) is 3.22. The number of benzene rings is 1. The molecule has 0 radical (unpaired) electrons. The average molecular weight is 383 g/mol. The molecule has 0 saturated carbocycles. The highest BCUT2D eigenvalue weighted by molar-refractivity contribution is 5.97. The van der Waals surface area contributed by atoms with Gasteiger partial charge in [-0.05, 0) is 29.8 Å². The molecule has 1 aromatic heterocycles. The van der Waals surface area contributed by atoms with Crippen molar-refractivity contribution in [3.8, 4) is 5.75 Å². The lowest BCUT2D eigenvalue weighted by Gasteiger charge is -2.38. The number of fused-ring (bicyclic) bond motifs is 1. The van der Waals surface area contributed by atoms with Crippen molar-refractivity contribution in [2.45, 2.75) is 19.0 Å². The van der Waals surface area contributed by atoms with E-state index in [0.29, 0.717) is 32.8 Å². The van der Waals surface area contributed by atoms with E-state index in [4.69, 9.17) is 9.47 Å². The maximum absolute atomic E-state index is 13.1. The van der Waals surface area contributed by atoms with Gasteiger partial charge in [-0.2, -0.15) is 0 Å². The minimum atomic E-state index is -0.233. The molecule has 2 aliphatic heterocycles. The summed E-state index contributed by atoms with van der Waals surface area (Å²) in [5.41, 5.74) is 2.03. The van der Waals surface area contributed by atoms with Gasteiger partial charge in [0.15, 0.2) is 0 Å². The summed E-state index contributed by atoms with van der Waals surface area (Å²) in [7, 11) is 1.63. The van der Waals surface area contributed by atoms with Gasteiger partial charge >= 0.3 is 0 Å². The fraction of sp³-hybridized carbons (Fsp3) is 0.429. The zero-order valence-electron chi connectivity index (χ0n) is 16.0. The first-order valence-corrected chi connectivity index (χ1v) is 9.61. The molecule has 0 N–H and O–H groups in total. The van der Waals surface area contributed by atoms with Crippen molar-refractivity contribution >= 4 is 11.8 Å². The molecule has 0 aliphatic carbocycles.